The minimum Gasteiger partial charge on any atom is -0.477 e. The molecule has 1 N–H and O–H groups in total. The Labute approximate surface area is 100 Å². The number of hydrogen-bond acceptors (Lipinski definition) is 5. The first-order valence-electron chi connectivity index (χ1n) is 5.69. The summed E-state index contributed by atoms with van der Waals surface area (Å²) in [5.41, 5.74) is 0. The highest BCUT2D eigenvalue weighted by Crippen LogP contribution is 2.26. The van der Waals surface area contributed by atoms with Gasteiger partial charge in [0.15, 0.2) is 0 Å². The zero-order chi connectivity index (χ0) is 11.2. The summed E-state index contributed by atoms with van der Waals surface area (Å²) in [6.07, 6.45) is 6.01. The minimum absolute atomic E-state index is 0.589. The molecule has 1 aromatic rings. The van der Waals surface area contributed by atoms with Gasteiger partial charge in [-0.1, -0.05) is 0 Å². The third kappa shape index (κ3) is 3.27. The zero-order valence-corrected chi connectivity index (χ0v) is 10.3. The first kappa shape index (κ1) is 11.5. The van der Waals surface area contributed by atoms with Crippen LogP contribution in [0.5, 0.6) is 5.88 Å². The molecule has 0 spiro atoms. The number of ether oxygens (including phenoxy) is 1. The minimum atomic E-state index is 0.589. The molecule has 0 aliphatic carbocycles. The highest BCUT2D eigenvalue weighted by molar-refractivity contribution is 8.00. The molecule has 5 heteroatoms. The van der Waals surface area contributed by atoms with Crippen LogP contribution in [0.3, 0.4) is 0 Å². The summed E-state index contributed by atoms with van der Waals surface area (Å²) in [6.45, 7) is 3.53. The van der Waals surface area contributed by atoms with Gasteiger partial charge in [0.2, 0.25) is 5.88 Å². The number of nitrogens with zero attached hydrogens (tertiary/aromatic N) is 2. The van der Waals surface area contributed by atoms with Gasteiger partial charge < -0.3 is 10.1 Å². The van der Waals surface area contributed by atoms with Gasteiger partial charge in [0.25, 0.3) is 0 Å². The monoisotopic (exact) mass is 239 g/mol. The molecule has 0 saturated carbocycles. The van der Waals surface area contributed by atoms with Gasteiger partial charge in [0.05, 0.1) is 19.0 Å². The van der Waals surface area contributed by atoms with Gasteiger partial charge in [0.1, 0.15) is 5.82 Å². The Morgan fingerprint density at radius 3 is 3.25 bits per heavy atom. The number of hydrogen-bond donors (Lipinski definition) is 1. The fraction of sp³-hybridized carbons (Fsp3) is 0.636. The van der Waals surface area contributed by atoms with Gasteiger partial charge in [-0.25, -0.2) is 0 Å². The van der Waals surface area contributed by atoms with E-state index in [0.29, 0.717) is 12.5 Å². The average molecular weight is 239 g/mol. The number of anilines is 1. The fourth-order valence-electron chi connectivity index (χ4n) is 1.67. The molecule has 1 aliphatic rings. The zero-order valence-electron chi connectivity index (χ0n) is 9.48. The quantitative estimate of drug-likeness (QED) is 0.853. The summed E-state index contributed by atoms with van der Waals surface area (Å²) in [6, 6.07) is 0. The van der Waals surface area contributed by atoms with E-state index in [2.05, 4.69) is 15.3 Å². The van der Waals surface area contributed by atoms with Crippen molar-refractivity contribution in [1.82, 2.24) is 9.97 Å². The molecule has 0 aromatic carbocycles. The SMILES string of the molecule is CCOc1cncc(NCC2CCCS2)n1. The molecule has 2 rings (SSSR count). The van der Waals surface area contributed by atoms with Crippen LogP contribution in [-0.4, -0.2) is 34.1 Å². The van der Waals surface area contributed by atoms with Crippen molar-refractivity contribution in [3.63, 3.8) is 0 Å². The molecule has 1 unspecified atom stereocenters. The Kier molecular flexibility index (Phi) is 4.27. The second-order valence-electron chi connectivity index (χ2n) is 3.69. The van der Waals surface area contributed by atoms with Crippen LogP contribution in [0.2, 0.25) is 0 Å². The van der Waals surface area contributed by atoms with Gasteiger partial charge in [-0.3, -0.25) is 4.98 Å². The van der Waals surface area contributed by atoms with Crippen molar-refractivity contribution in [1.29, 1.82) is 0 Å². The van der Waals surface area contributed by atoms with E-state index in [0.717, 1.165) is 17.6 Å². The second-order valence-corrected chi connectivity index (χ2v) is 5.10. The summed E-state index contributed by atoms with van der Waals surface area (Å²) >= 11 is 2.03. The lowest BCUT2D eigenvalue weighted by atomic mass is 10.2. The largest absolute Gasteiger partial charge is 0.477 e. The molecule has 1 saturated heterocycles. The second kappa shape index (κ2) is 5.94. The van der Waals surface area contributed by atoms with Gasteiger partial charge in [0, 0.05) is 11.8 Å². The van der Waals surface area contributed by atoms with E-state index in [1.54, 1.807) is 12.4 Å². The fourth-order valence-corrected chi connectivity index (χ4v) is 2.88. The van der Waals surface area contributed by atoms with E-state index < -0.39 is 0 Å². The molecule has 4 nitrogen and oxygen atoms in total. The van der Waals surface area contributed by atoms with Crippen LogP contribution in [0, 0.1) is 0 Å². The molecular formula is C11H17N3OS. The van der Waals surface area contributed by atoms with Crippen molar-refractivity contribution >= 4 is 17.6 Å². The maximum absolute atomic E-state index is 5.30. The Balaban J connectivity index is 1.85. The summed E-state index contributed by atoms with van der Waals surface area (Å²) in [5, 5.41) is 4.03. The van der Waals surface area contributed by atoms with Gasteiger partial charge in [-0.2, -0.15) is 16.7 Å². The van der Waals surface area contributed by atoms with Crippen molar-refractivity contribution in [2.75, 3.05) is 24.2 Å². The average Bonchev–Trinajstić information content (AvgIpc) is 2.80. The number of nitrogens with one attached hydrogen (secondary N) is 1. The lowest BCUT2D eigenvalue weighted by molar-refractivity contribution is 0.325. The van der Waals surface area contributed by atoms with Crippen LogP contribution in [0.1, 0.15) is 19.8 Å². The number of aromatic nitrogens is 2. The van der Waals surface area contributed by atoms with Gasteiger partial charge >= 0.3 is 0 Å². The molecule has 16 heavy (non-hydrogen) atoms. The van der Waals surface area contributed by atoms with Gasteiger partial charge in [-0.15, -0.1) is 0 Å². The van der Waals surface area contributed by atoms with Crippen LogP contribution in [0.15, 0.2) is 12.4 Å². The first-order valence-corrected chi connectivity index (χ1v) is 6.73. The molecule has 1 fully saturated rings. The molecule has 0 radical (unpaired) electrons. The lowest BCUT2D eigenvalue weighted by Gasteiger charge is -2.10. The predicted molar refractivity (Wildman–Crippen MR) is 67.2 cm³/mol. The molecule has 1 aromatic heterocycles. The van der Waals surface area contributed by atoms with E-state index in [1.165, 1.54) is 18.6 Å². The van der Waals surface area contributed by atoms with E-state index in [4.69, 9.17) is 4.74 Å². The molecule has 0 bridgehead atoms. The molecule has 2 heterocycles. The topological polar surface area (TPSA) is 47.0 Å². The molecule has 0 amide bonds. The predicted octanol–water partition coefficient (Wildman–Crippen LogP) is 2.18. The maximum atomic E-state index is 5.30. The van der Waals surface area contributed by atoms with Crippen molar-refractivity contribution < 1.29 is 4.74 Å². The van der Waals surface area contributed by atoms with Crippen LogP contribution < -0.4 is 10.1 Å². The van der Waals surface area contributed by atoms with Gasteiger partial charge in [-0.05, 0) is 25.5 Å². The number of thioether (sulfide) groups is 1. The summed E-state index contributed by atoms with van der Waals surface area (Å²) < 4.78 is 5.30. The highest BCUT2D eigenvalue weighted by Gasteiger charge is 2.15. The van der Waals surface area contributed by atoms with Crippen molar-refractivity contribution in [2.45, 2.75) is 25.0 Å². The molecule has 1 aliphatic heterocycles. The van der Waals surface area contributed by atoms with Crippen molar-refractivity contribution in [3.8, 4) is 5.88 Å². The molecular weight excluding hydrogens is 222 g/mol. The van der Waals surface area contributed by atoms with Crippen LogP contribution in [-0.2, 0) is 0 Å². The lowest BCUT2D eigenvalue weighted by Crippen LogP contribution is -2.14. The van der Waals surface area contributed by atoms with Crippen LogP contribution >= 0.6 is 11.8 Å². The summed E-state index contributed by atoms with van der Waals surface area (Å²) in [5.74, 6) is 2.68. The Morgan fingerprint density at radius 1 is 1.56 bits per heavy atom. The third-order valence-electron chi connectivity index (χ3n) is 2.44. The normalized spacial score (nSPS) is 19.7. The van der Waals surface area contributed by atoms with Crippen molar-refractivity contribution in [3.05, 3.63) is 12.4 Å². The highest BCUT2D eigenvalue weighted by atomic mass is 32.2. The number of rotatable bonds is 5. The van der Waals surface area contributed by atoms with E-state index in [9.17, 15) is 0 Å². The van der Waals surface area contributed by atoms with Crippen molar-refractivity contribution in [2.24, 2.45) is 0 Å². The summed E-state index contributed by atoms with van der Waals surface area (Å²) in [7, 11) is 0. The maximum Gasteiger partial charge on any atom is 0.234 e. The van der Waals surface area contributed by atoms with Crippen LogP contribution in [0.25, 0.3) is 0 Å². The molecule has 1 atom stereocenters. The van der Waals surface area contributed by atoms with E-state index in [1.807, 2.05) is 18.7 Å². The first-order chi connectivity index (χ1) is 7.88. The Bertz CT molecular complexity index is 329. The Morgan fingerprint density at radius 2 is 2.50 bits per heavy atom. The molecule has 88 valence electrons. The van der Waals surface area contributed by atoms with E-state index in [-0.39, 0.29) is 0 Å². The Hall–Kier alpha value is -0.970. The van der Waals surface area contributed by atoms with Crippen LogP contribution in [0.4, 0.5) is 5.82 Å². The third-order valence-corrected chi connectivity index (χ3v) is 3.84. The standard InChI is InChI=1S/C11H17N3OS/c1-2-15-11-8-12-7-10(14-11)13-6-9-4-3-5-16-9/h7-9H,2-6H2,1H3,(H,13,14). The smallest absolute Gasteiger partial charge is 0.234 e. The summed E-state index contributed by atoms with van der Waals surface area (Å²) in [4.78, 5) is 8.41. The van der Waals surface area contributed by atoms with E-state index >= 15 is 0 Å².